The first-order valence-corrected chi connectivity index (χ1v) is 5.27. The molecule has 0 aliphatic rings. The van der Waals surface area contributed by atoms with Gasteiger partial charge in [-0.25, -0.2) is 4.98 Å². The molecule has 16 heavy (non-hydrogen) atoms. The van der Waals surface area contributed by atoms with E-state index in [1.807, 2.05) is 13.8 Å². The molecule has 0 aromatic carbocycles. The molecule has 0 radical (unpaired) electrons. The Morgan fingerprint density at radius 1 is 1.44 bits per heavy atom. The number of anilines is 1. The average Bonchev–Trinajstić information content (AvgIpc) is 2.45. The maximum Gasteiger partial charge on any atom is 0.389 e. The van der Waals surface area contributed by atoms with Gasteiger partial charge in [0, 0.05) is 25.7 Å². The van der Waals surface area contributed by atoms with Gasteiger partial charge < -0.3 is 9.88 Å². The highest BCUT2D eigenvalue weighted by molar-refractivity contribution is 5.28. The van der Waals surface area contributed by atoms with E-state index in [2.05, 4.69) is 10.3 Å². The Morgan fingerprint density at radius 2 is 2.12 bits per heavy atom. The van der Waals surface area contributed by atoms with E-state index < -0.39 is 12.6 Å². The summed E-state index contributed by atoms with van der Waals surface area (Å²) in [6.45, 7) is 4.78. The topological polar surface area (TPSA) is 29.9 Å². The van der Waals surface area contributed by atoms with Crippen LogP contribution in [0.5, 0.6) is 0 Å². The Hall–Kier alpha value is -1.20. The van der Waals surface area contributed by atoms with Crippen molar-refractivity contribution in [3.63, 3.8) is 0 Å². The van der Waals surface area contributed by atoms with Crippen molar-refractivity contribution >= 4 is 5.95 Å². The highest BCUT2D eigenvalue weighted by Crippen LogP contribution is 2.22. The molecule has 1 N–H and O–H groups in total. The van der Waals surface area contributed by atoms with Crippen LogP contribution in [0.25, 0.3) is 0 Å². The van der Waals surface area contributed by atoms with E-state index in [-0.39, 0.29) is 6.42 Å². The highest BCUT2D eigenvalue weighted by Gasteiger charge is 2.26. The van der Waals surface area contributed by atoms with Crippen LogP contribution >= 0.6 is 0 Å². The van der Waals surface area contributed by atoms with Crippen molar-refractivity contribution < 1.29 is 13.2 Å². The fraction of sp³-hybridized carbons (Fsp3) is 0.700. The summed E-state index contributed by atoms with van der Waals surface area (Å²) >= 11 is 0. The predicted octanol–water partition coefficient (Wildman–Crippen LogP) is 2.97. The number of nitrogens with one attached hydrogen (secondary N) is 1. The molecule has 0 aliphatic carbocycles. The summed E-state index contributed by atoms with van der Waals surface area (Å²) in [6.07, 6.45) is -2.99. The summed E-state index contributed by atoms with van der Waals surface area (Å²) in [7, 11) is 0. The molecular weight excluding hydrogens is 219 g/mol. The number of aromatic nitrogens is 2. The number of alkyl halides is 3. The van der Waals surface area contributed by atoms with E-state index in [1.165, 1.54) is 0 Å². The lowest BCUT2D eigenvalue weighted by molar-refractivity contribution is -0.135. The van der Waals surface area contributed by atoms with E-state index in [1.54, 1.807) is 10.8 Å². The molecule has 0 fully saturated rings. The number of aryl methyl sites for hydroxylation is 2. The Bertz CT molecular complexity index is 331. The molecule has 92 valence electrons. The van der Waals surface area contributed by atoms with Gasteiger partial charge >= 0.3 is 6.18 Å². The van der Waals surface area contributed by atoms with Gasteiger partial charge in [0.1, 0.15) is 0 Å². The second-order valence-electron chi connectivity index (χ2n) is 3.65. The summed E-state index contributed by atoms with van der Waals surface area (Å²) in [4.78, 5) is 4.19. The molecule has 6 heteroatoms. The van der Waals surface area contributed by atoms with Gasteiger partial charge in [-0.2, -0.15) is 13.2 Å². The summed E-state index contributed by atoms with van der Waals surface area (Å²) < 4.78 is 37.6. The lowest BCUT2D eigenvalue weighted by Crippen LogP contribution is -2.11. The third-order valence-electron chi connectivity index (χ3n) is 2.09. The first-order valence-electron chi connectivity index (χ1n) is 5.27. The predicted molar refractivity (Wildman–Crippen MR) is 56.4 cm³/mol. The van der Waals surface area contributed by atoms with Crippen molar-refractivity contribution in [2.75, 3.05) is 11.9 Å². The van der Waals surface area contributed by atoms with Crippen LogP contribution in [0.15, 0.2) is 6.20 Å². The summed E-state index contributed by atoms with van der Waals surface area (Å²) in [5.74, 6) is 0.641. The lowest BCUT2D eigenvalue weighted by Gasteiger charge is -2.09. The molecule has 0 saturated heterocycles. The summed E-state index contributed by atoms with van der Waals surface area (Å²) in [6, 6.07) is 0. The van der Waals surface area contributed by atoms with Gasteiger partial charge in [0.05, 0.1) is 5.69 Å². The number of hydrogen-bond acceptors (Lipinski definition) is 2. The molecule has 0 aliphatic heterocycles. The molecule has 3 nitrogen and oxygen atoms in total. The van der Waals surface area contributed by atoms with Crippen molar-refractivity contribution in [3.8, 4) is 0 Å². The Balaban J connectivity index is 2.52. The van der Waals surface area contributed by atoms with Crippen molar-refractivity contribution in [1.82, 2.24) is 9.55 Å². The number of rotatable bonds is 5. The lowest BCUT2D eigenvalue weighted by atomic mass is 10.3. The number of hydrogen-bond donors (Lipinski definition) is 1. The van der Waals surface area contributed by atoms with E-state index in [0.717, 1.165) is 5.69 Å². The van der Waals surface area contributed by atoms with Crippen LogP contribution in [0.1, 0.15) is 25.5 Å². The van der Waals surface area contributed by atoms with Crippen LogP contribution in [-0.4, -0.2) is 22.3 Å². The number of halogens is 3. The summed E-state index contributed by atoms with van der Waals surface area (Å²) in [5, 5.41) is 3.02. The van der Waals surface area contributed by atoms with Crippen LogP contribution in [-0.2, 0) is 6.54 Å². The summed E-state index contributed by atoms with van der Waals surface area (Å²) in [5.41, 5.74) is 0.808. The van der Waals surface area contributed by atoms with Crippen LogP contribution in [0.3, 0.4) is 0 Å². The molecule has 0 amide bonds. The van der Waals surface area contributed by atoms with Gasteiger partial charge in [0.25, 0.3) is 0 Å². The van der Waals surface area contributed by atoms with E-state index >= 15 is 0 Å². The Kier molecular flexibility index (Phi) is 4.20. The fourth-order valence-electron chi connectivity index (χ4n) is 1.47. The van der Waals surface area contributed by atoms with Crippen LogP contribution < -0.4 is 5.32 Å². The highest BCUT2D eigenvalue weighted by atomic mass is 19.4. The Labute approximate surface area is 92.7 Å². The third-order valence-corrected chi connectivity index (χ3v) is 2.09. The molecule has 0 spiro atoms. The van der Waals surface area contributed by atoms with Crippen molar-refractivity contribution in [1.29, 1.82) is 0 Å². The van der Waals surface area contributed by atoms with Crippen molar-refractivity contribution in [3.05, 3.63) is 11.9 Å². The molecule has 0 unspecified atom stereocenters. The zero-order valence-corrected chi connectivity index (χ0v) is 9.43. The minimum Gasteiger partial charge on any atom is -0.356 e. The smallest absolute Gasteiger partial charge is 0.356 e. The molecule has 1 rings (SSSR count). The molecule has 0 saturated carbocycles. The number of nitrogens with zero attached hydrogens (tertiary/aromatic N) is 2. The quantitative estimate of drug-likeness (QED) is 0.850. The van der Waals surface area contributed by atoms with Crippen molar-refractivity contribution in [2.45, 2.75) is 39.4 Å². The maximum absolute atomic E-state index is 12.0. The molecule has 0 atom stereocenters. The number of imidazole rings is 1. The molecule has 0 bridgehead atoms. The third kappa shape index (κ3) is 4.12. The minimum absolute atomic E-state index is 0.0810. The van der Waals surface area contributed by atoms with Gasteiger partial charge in [0.2, 0.25) is 5.95 Å². The minimum atomic E-state index is -4.08. The van der Waals surface area contributed by atoms with Gasteiger partial charge in [-0.3, -0.25) is 0 Å². The van der Waals surface area contributed by atoms with Crippen LogP contribution in [0, 0.1) is 6.92 Å². The zero-order chi connectivity index (χ0) is 12.2. The Morgan fingerprint density at radius 3 is 2.69 bits per heavy atom. The van der Waals surface area contributed by atoms with E-state index in [9.17, 15) is 13.2 Å². The van der Waals surface area contributed by atoms with Gasteiger partial charge in [-0.05, 0) is 20.3 Å². The first-order chi connectivity index (χ1) is 7.42. The van der Waals surface area contributed by atoms with E-state index in [4.69, 9.17) is 0 Å². The van der Waals surface area contributed by atoms with Crippen LogP contribution in [0.2, 0.25) is 0 Å². The largest absolute Gasteiger partial charge is 0.389 e. The van der Waals surface area contributed by atoms with Crippen molar-refractivity contribution in [2.24, 2.45) is 0 Å². The van der Waals surface area contributed by atoms with Crippen LogP contribution in [0.4, 0.5) is 19.1 Å². The maximum atomic E-state index is 12.0. The monoisotopic (exact) mass is 235 g/mol. The normalized spacial score (nSPS) is 11.8. The second kappa shape index (κ2) is 5.23. The van der Waals surface area contributed by atoms with Gasteiger partial charge in [0.15, 0.2) is 0 Å². The van der Waals surface area contributed by atoms with E-state index in [0.29, 0.717) is 19.0 Å². The molecule has 1 aromatic rings. The first kappa shape index (κ1) is 12.9. The average molecular weight is 235 g/mol. The molecule has 1 aromatic heterocycles. The fourth-order valence-corrected chi connectivity index (χ4v) is 1.47. The van der Waals surface area contributed by atoms with Gasteiger partial charge in [-0.1, -0.05) is 0 Å². The zero-order valence-electron chi connectivity index (χ0n) is 9.43. The standard InChI is InChI=1S/C10H16F3N3/c1-3-14-9-15-8(2)7-16(9)6-4-5-10(11,12)13/h7H,3-6H2,1-2H3,(H,14,15). The molecule has 1 heterocycles. The SMILES string of the molecule is CCNc1nc(C)cn1CCCC(F)(F)F. The molecular formula is C10H16F3N3. The second-order valence-corrected chi connectivity index (χ2v) is 3.65. The van der Waals surface area contributed by atoms with Gasteiger partial charge in [-0.15, -0.1) is 0 Å².